The molecular formula is C15H15FN2O3S. The van der Waals surface area contributed by atoms with Crippen LogP contribution >= 0.6 is 11.8 Å². The number of carbonyl (C=O) groups is 1. The number of aryl methyl sites for hydroxylation is 1. The van der Waals surface area contributed by atoms with E-state index < -0.39 is 5.97 Å². The van der Waals surface area contributed by atoms with Gasteiger partial charge in [-0.15, -0.1) is 0 Å². The SMILES string of the molecule is CCc1cn(CC(=O)O)c(SCc2ccc(F)cc2)nc1=O. The smallest absolute Gasteiger partial charge is 0.323 e. The minimum atomic E-state index is -1.00. The van der Waals surface area contributed by atoms with Crippen LogP contribution in [-0.2, 0) is 23.5 Å². The van der Waals surface area contributed by atoms with Gasteiger partial charge < -0.3 is 9.67 Å². The molecule has 116 valence electrons. The number of benzene rings is 1. The Morgan fingerprint density at radius 2 is 2.05 bits per heavy atom. The van der Waals surface area contributed by atoms with Crippen molar-refractivity contribution in [3.8, 4) is 0 Å². The minimum absolute atomic E-state index is 0.258. The van der Waals surface area contributed by atoms with Gasteiger partial charge in [0.1, 0.15) is 12.4 Å². The molecule has 0 unspecified atom stereocenters. The third kappa shape index (κ3) is 4.17. The van der Waals surface area contributed by atoms with Gasteiger partial charge in [0, 0.05) is 17.5 Å². The third-order valence-corrected chi connectivity index (χ3v) is 4.06. The topological polar surface area (TPSA) is 72.2 Å². The number of carboxylic acids is 1. The third-order valence-electron chi connectivity index (χ3n) is 3.00. The van der Waals surface area contributed by atoms with Crippen LogP contribution in [0.2, 0.25) is 0 Å². The quantitative estimate of drug-likeness (QED) is 0.653. The van der Waals surface area contributed by atoms with Gasteiger partial charge in [-0.05, 0) is 24.1 Å². The lowest BCUT2D eigenvalue weighted by molar-refractivity contribution is -0.137. The zero-order chi connectivity index (χ0) is 16.1. The Bertz CT molecular complexity index is 729. The average molecular weight is 322 g/mol. The van der Waals surface area contributed by atoms with Crippen LogP contribution in [0.25, 0.3) is 0 Å². The first kappa shape index (κ1) is 16.2. The molecule has 1 aromatic heterocycles. The van der Waals surface area contributed by atoms with Crippen molar-refractivity contribution in [1.29, 1.82) is 0 Å². The highest BCUT2D eigenvalue weighted by Gasteiger charge is 2.11. The maximum Gasteiger partial charge on any atom is 0.323 e. The summed E-state index contributed by atoms with van der Waals surface area (Å²) < 4.78 is 14.3. The van der Waals surface area contributed by atoms with Gasteiger partial charge in [-0.3, -0.25) is 9.59 Å². The summed E-state index contributed by atoms with van der Waals surface area (Å²) in [5.74, 6) is -0.851. The minimum Gasteiger partial charge on any atom is -0.480 e. The van der Waals surface area contributed by atoms with Gasteiger partial charge in [-0.2, -0.15) is 4.98 Å². The Balaban J connectivity index is 2.24. The van der Waals surface area contributed by atoms with Gasteiger partial charge in [0.25, 0.3) is 5.56 Å². The van der Waals surface area contributed by atoms with Crippen LogP contribution in [0.5, 0.6) is 0 Å². The number of thioether (sulfide) groups is 1. The van der Waals surface area contributed by atoms with Crippen LogP contribution in [0.3, 0.4) is 0 Å². The second-order valence-corrected chi connectivity index (χ2v) is 5.59. The van der Waals surface area contributed by atoms with Crippen LogP contribution in [-0.4, -0.2) is 20.6 Å². The molecule has 0 radical (unpaired) electrons. The van der Waals surface area contributed by atoms with Crippen molar-refractivity contribution in [2.45, 2.75) is 30.8 Å². The van der Waals surface area contributed by atoms with Crippen molar-refractivity contribution in [3.63, 3.8) is 0 Å². The van der Waals surface area contributed by atoms with Gasteiger partial charge >= 0.3 is 5.97 Å². The maximum atomic E-state index is 12.9. The summed E-state index contributed by atoms with van der Waals surface area (Å²) >= 11 is 1.25. The van der Waals surface area contributed by atoms with E-state index in [2.05, 4.69) is 4.98 Å². The summed E-state index contributed by atoms with van der Waals surface area (Å²) in [4.78, 5) is 26.7. The highest BCUT2D eigenvalue weighted by Crippen LogP contribution is 2.20. The molecule has 0 saturated carbocycles. The molecule has 5 nitrogen and oxygen atoms in total. The summed E-state index contributed by atoms with van der Waals surface area (Å²) in [5, 5.41) is 9.30. The van der Waals surface area contributed by atoms with Crippen molar-refractivity contribution in [3.05, 3.63) is 57.8 Å². The summed E-state index contributed by atoms with van der Waals surface area (Å²) in [6.07, 6.45) is 2.03. The maximum absolute atomic E-state index is 12.9. The summed E-state index contributed by atoms with van der Waals surface area (Å²) in [5.41, 5.74) is 1.00. The van der Waals surface area contributed by atoms with E-state index in [9.17, 15) is 14.0 Å². The molecule has 1 aromatic carbocycles. The molecule has 0 fully saturated rings. The number of carboxylic acid groups (broad SMARTS) is 1. The number of halogens is 1. The van der Waals surface area contributed by atoms with Crippen molar-refractivity contribution in [2.75, 3.05) is 0 Å². The van der Waals surface area contributed by atoms with E-state index in [0.717, 1.165) is 5.56 Å². The highest BCUT2D eigenvalue weighted by molar-refractivity contribution is 7.98. The summed E-state index contributed by atoms with van der Waals surface area (Å²) in [6, 6.07) is 5.99. The molecule has 0 aliphatic rings. The lowest BCUT2D eigenvalue weighted by atomic mass is 10.2. The molecule has 0 bridgehead atoms. The lowest BCUT2D eigenvalue weighted by Crippen LogP contribution is -2.21. The van der Waals surface area contributed by atoms with Crippen LogP contribution in [0.15, 0.2) is 40.4 Å². The van der Waals surface area contributed by atoms with Gasteiger partial charge in [-0.1, -0.05) is 30.8 Å². The fraction of sp³-hybridized carbons (Fsp3) is 0.267. The molecule has 0 spiro atoms. The molecule has 0 saturated heterocycles. The van der Waals surface area contributed by atoms with E-state index in [1.807, 2.05) is 6.92 Å². The standard InChI is InChI=1S/C15H15FN2O3S/c1-2-11-7-18(8-13(19)20)15(17-14(11)21)22-9-10-3-5-12(16)6-4-10/h3-7H,2,8-9H2,1H3,(H,19,20). The van der Waals surface area contributed by atoms with Crippen LogP contribution in [0.4, 0.5) is 4.39 Å². The molecule has 7 heteroatoms. The second kappa shape index (κ2) is 7.22. The van der Waals surface area contributed by atoms with Gasteiger partial charge in [-0.25, -0.2) is 4.39 Å². The van der Waals surface area contributed by atoms with Crippen molar-refractivity contribution < 1.29 is 14.3 Å². The average Bonchev–Trinajstić information content (AvgIpc) is 2.48. The number of hydrogen-bond donors (Lipinski definition) is 1. The number of aliphatic carboxylic acids is 1. The first-order valence-electron chi connectivity index (χ1n) is 6.69. The molecule has 2 aromatic rings. The van der Waals surface area contributed by atoms with Crippen molar-refractivity contribution in [2.24, 2.45) is 0 Å². The van der Waals surface area contributed by atoms with Gasteiger partial charge in [0.05, 0.1) is 0 Å². The number of aromatic nitrogens is 2. The lowest BCUT2D eigenvalue weighted by Gasteiger charge is -2.11. The largest absolute Gasteiger partial charge is 0.480 e. The Hall–Kier alpha value is -2.15. The van der Waals surface area contributed by atoms with E-state index >= 15 is 0 Å². The molecule has 0 amide bonds. The molecule has 1 heterocycles. The molecular weight excluding hydrogens is 307 g/mol. The van der Waals surface area contributed by atoms with E-state index in [-0.39, 0.29) is 17.9 Å². The van der Waals surface area contributed by atoms with Crippen molar-refractivity contribution in [1.82, 2.24) is 9.55 Å². The van der Waals surface area contributed by atoms with E-state index in [1.165, 1.54) is 34.7 Å². The zero-order valence-electron chi connectivity index (χ0n) is 12.0. The predicted molar refractivity (Wildman–Crippen MR) is 81.5 cm³/mol. The molecule has 0 atom stereocenters. The molecule has 22 heavy (non-hydrogen) atoms. The molecule has 1 N–H and O–H groups in total. The second-order valence-electron chi connectivity index (χ2n) is 4.64. The molecule has 0 aliphatic carbocycles. The Morgan fingerprint density at radius 3 is 2.64 bits per heavy atom. The number of nitrogens with zero attached hydrogens (tertiary/aromatic N) is 2. The fourth-order valence-corrected chi connectivity index (χ4v) is 2.79. The Kier molecular flexibility index (Phi) is 5.32. The zero-order valence-corrected chi connectivity index (χ0v) is 12.8. The predicted octanol–water partition coefficient (Wildman–Crippen LogP) is 2.32. The van der Waals surface area contributed by atoms with Gasteiger partial charge in [0.2, 0.25) is 0 Å². The molecule has 2 rings (SSSR count). The van der Waals surface area contributed by atoms with Crippen LogP contribution in [0, 0.1) is 5.82 Å². The first-order valence-corrected chi connectivity index (χ1v) is 7.67. The normalized spacial score (nSPS) is 10.6. The summed E-state index contributed by atoms with van der Waals surface area (Å²) in [6.45, 7) is 1.56. The monoisotopic (exact) mass is 322 g/mol. The highest BCUT2D eigenvalue weighted by atomic mass is 32.2. The number of rotatable bonds is 6. The Labute approximate surface area is 130 Å². The van der Waals surface area contributed by atoms with E-state index in [4.69, 9.17) is 5.11 Å². The van der Waals surface area contributed by atoms with Crippen LogP contribution in [0.1, 0.15) is 18.1 Å². The summed E-state index contributed by atoms with van der Waals surface area (Å²) in [7, 11) is 0. The van der Waals surface area contributed by atoms with E-state index in [0.29, 0.717) is 22.9 Å². The van der Waals surface area contributed by atoms with Gasteiger partial charge in [0.15, 0.2) is 5.16 Å². The van der Waals surface area contributed by atoms with E-state index in [1.54, 1.807) is 12.1 Å². The number of hydrogen-bond acceptors (Lipinski definition) is 4. The molecule has 0 aliphatic heterocycles. The fourth-order valence-electron chi connectivity index (χ4n) is 1.87. The van der Waals surface area contributed by atoms with Crippen LogP contribution < -0.4 is 5.56 Å². The Morgan fingerprint density at radius 1 is 1.36 bits per heavy atom. The van der Waals surface area contributed by atoms with Crippen molar-refractivity contribution >= 4 is 17.7 Å². The first-order chi connectivity index (χ1) is 10.5.